The molecule has 19 heavy (non-hydrogen) atoms. The molecule has 0 fully saturated rings. The molecular formula is C18H24O. The Morgan fingerprint density at radius 1 is 1.00 bits per heavy atom. The number of allylic oxidation sites excluding steroid dienone is 1. The third kappa shape index (κ3) is 2.92. The summed E-state index contributed by atoms with van der Waals surface area (Å²) in [6, 6.07) is 8.72. The second-order valence-corrected chi connectivity index (χ2v) is 6.09. The normalized spacial score (nSPS) is 25.1. The molecule has 0 radical (unpaired) electrons. The van der Waals surface area contributed by atoms with E-state index >= 15 is 0 Å². The van der Waals surface area contributed by atoms with Crippen LogP contribution < -0.4 is 0 Å². The van der Waals surface area contributed by atoms with Gasteiger partial charge in [0.1, 0.15) is 0 Å². The summed E-state index contributed by atoms with van der Waals surface area (Å²) in [6.07, 6.45) is 11.6. The number of aliphatic hydroxyl groups excluding tert-OH is 1. The van der Waals surface area contributed by atoms with Gasteiger partial charge in [-0.3, -0.25) is 0 Å². The molecule has 0 aromatic heterocycles. The van der Waals surface area contributed by atoms with E-state index in [-0.39, 0.29) is 6.10 Å². The van der Waals surface area contributed by atoms with Gasteiger partial charge in [-0.25, -0.2) is 0 Å². The van der Waals surface area contributed by atoms with Gasteiger partial charge in [-0.05, 0) is 67.6 Å². The fourth-order valence-electron chi connectivity index (χ4n) is 3.61. The number of hydrogen-bond acceptors (Lipinski definition) is 1. The van der Waals surface area contributed by atoms with Gasteiger partial charge in [0.25, 0.3) is 0 Å². The van der Waals surface area contributed by atoms with Crippen molar-refractivity contribution >= 4 is 0 Å². The Morgan fingerprint density at radius 2 is 1.84 bits per heavy atom. The van der Waals surface area contributed by atoms with Crippen molar-refractivity contribution in [3.05, 3.63) is 47.0 Å². The largest absolute Gasteiger partial charge is 0.388 e. The first-order chi connectivity index (χ1) is 9.34. The molecule has 0 amide bonds. The van der Waals surface area contributed by atoms with Crippen molar-refractivity contribution in [3.8, 4) is 0 Å². The van der Waals surface area contributed by atoms with E-state index in [0.29, 0.717) is 5.92 Å². The van der Waals surface area contributed by atoms with Crippen LogP contribution in [-0.2, 0) is 12.8 Å². The van der Waals surface area contributed by atoms with Gasteiger partial charge in [0.05, 0.1) is 6.10 Å². The summed E-state index contributed by atoms with van der Waals surface area (Å²) in [5, 5.41) is 10.7. The second-order valence-electron chi connectivity index (χ2n) is 6.09. The number of fused-ring (bicyclic) bond motifs is 1. The first-order valence-electron chi connectivity index (χ1n) is 7.78. The van der Waals surface area contributed by atoms with E-state index in [1.807, 2.05) is 0 Å². The molecule has 2 aliphatic rings. The summed E-state index contributed by atoms with van der Waals surface area (Å²) in [6.45, 7) is 0. The number of hydrogen-bond donors (Lipinski definition) is 1. The predicted molar refractivity (Wildman–Crippen MR) is 79.1 cm³/mol. The Bertz CT molecular complexity index is 461. The van der Waals surface area contributed by atoms with Crippen molar-refractivity contribution in [1.29, 1.82) is 0 Å². The zero-order valence-electron chi connectivity index (χ0n) is 11.6. The summed E-state index contributed by atoms with van der Waals surface area (Å²) >= 11 is 0. The van der Waals surface area contributed by atoms with E-state index in [9.17, 15) is 5.11 Å². The molecule has 0 bridgehead atoms. The van der Waals surface area contributed by atoms with Crippen molar-refractivity contribution in [3.63, 3.8) is 0 Å². The van der Waals surface area contributed by atoms with E-state index in [1.54, 1.807) is 0 Å². The van der Waals surface area contributed by atoms with Crippen molar-refractivity contribution in [2.24, 2.45) is 5.92 Å². The van der Waals surface area contributed by atoms with Crippen molar-refractivity contribution < 1.29 is 5.11 Å². The van der Waals surface area contributed by atoms with Gasteiger partial charge in [0, 0.05) is 0 Å². The number of aryl methyl sites for hydroxylation is 1. The molecule has 0 aliphatic heterocycles. The molecule has 1 nitrogen and oxygen atoms in total. The number of benzene rings is 1. The molecule has 1 N–H and O–H groups in total. The Hall–Kier alpha value is -1.08. The minimum Gasteiger partial charge on any atom is -0.388 e. The Kier molecular flexibility index (Phi) is 4.03. The van der Waals surface area contributed by atoms with Crippen LogP contribution >= 0.6 is 0 Å². The third-order valence-electron chi connectivity index (χ3n) is 4.79. The Morgan fingerprint density at radius 3 is 2.74 bits per heavy atom. The lowest BCUT2D eigenvalue weighted by Crippen LogP contribution is -2.28. The number of aliphatic hydroxyl groups is 1. The molecule has 1 aromatic carbocycles. The van der Waals surface area contributed by atoms with Crippen LogP contribution in [0.2, 0.25) is 0 Å². The molecular weight excluding hydrogens is 232 g/mol. The van der Waals surface area contributed by atoms with E-state index < -0.39 is 0 Å². The monoisotopic (exact) mass is 256 g/mol. The van der Waals surface area contributed by atoms with Crippen LogP contribution in [0.25, 0.3) is 0 Å². The highest BCUT2D eigenvalue weighted by molar-refractivity contribution is 5.30. The van der Waals surface area contributed by atoms with Gasteiger partial charge in [0.15, 0.2) is 0 Å². The van der Waals surface area contributed by atoms with Crippen LogP contribution in [0.4, 0.5) is 0 Å². The first-order valence-corrected chi connectivity index (χ1v) is 7.78. The van der Waals surface area contributed by atoms with Gasteiger partial charge < -0.3 is 5.11 Å². The van der Waals surface area contributed by atoms with Gasteiger partial charge in [0.2, 0.25) is 0 Å². The van der Waals surface area contributed by atoms with Gasteiger partial charge in [-0.1, -0.05) is 36.8 Å². The Labute approximate surface area is 116 Å². The van der Waals surface area contributed by atoms with E-state index in [1.165, 1.54) is 36.0 Å². The maximum atomic E-state index is 10.7. The zero-order valence-corrected chi connectivity index (χ0v) is 11.6. The standard InChI is InChI=1S/C18H24O/c19-18(15-8-3-1-2-4-9-15)17-12-11-14-7-5-6-10-16(14)13-17/h5-8,10,17-19H,1-4,9,11-13H2. The predicted octanol–water partition coefficient (Wildman–Crippen LogP) is 4.04. The van der Waals surface area contributed by atoms with Crippen molar-refractivity contribution in [2.75, 3.05) is 0 Å². The quantitative estimate of drug-likeness (QED) is 0.792. The second kappa shape index (κ2) is 5.92. The summed E-state index contributed by atoms with van der Waals surface area (Å²) in [5.74, 6) is 0.430. The highest BCUT2D eigenvalue weighted by Gasteiger charge is 2.27. The van der Waals surface area contributed by atoms with Crippen molar-refractivity contribution in [1.82, 2.24) is 0 Å². The van der Waals surface area contributed by atoms with Crippen molar-refractivity contribution in [2.45, 2.75) is 57.5 Å². The van der Waals surface area contributed by atoms with Crippen LogP contribution in [0.3, 0.4) is 0 Å². The van der Waals surface area contributed by atoms with E-state index in [4.69, 9.17) is 0 Å². The van der Waals surface area contributed by atoms with E-state index in [0.717, 1.165) is 32.1 Å². The summed E-state index contributed by atoms with van der Waals surface area (Å²) in [7, 11) is 0. The summed E-state index contributed by atoms with van der Waals surface area (Å²) in [4.78, 5) is 0. The average molecular weight is 256 g/mol. The summed E-state index contributed by atoms with van der Waals surface area (Å²) < 4.78 is 0. The van der Waals surface area contributed by atoms with Crippen LogP contribution in [0.15, 0.2) is 35.9 Å². The molecule has 1 aromatic rings. The fraction of sp³-hybridized carbons (Fsp3) is 0.556. The van der Waals surface area contributed by atoms with Gasteiger partial charge in [-0.2, -0.15) is 0 Å². The lowest BCUT2D eigenvalue weighted by molar-refractivity contribution is 0.128. The van der Waals surface area contributed by atoms with Crippen LogP contribution in [0.5, 0.6) is 0 Å². The smallest absolute Gasteiger partial charge is 0.0781 e. The highest BCUT2D eigenvalue weighted by Crippen LogP contribution is 2.32. The molecule has 102 valence electrons. The van der Waals surface area contributed by atoms with Gasteiger partial charge >= 0.3 is 0 Å². The zero-order chi connectivity index (χ0) is 13.1. The first kappa shape index (κ1) is 12.9. The molecule has 0 saturated heterocycles. The van der Waals surface area contributed by atoms with Crippen LogP contribution in [-0.4, -0.2) is 11.2 Å². The minimum absolute atomic E-state index is 0.202. The Balaban J connectivity index is 1.71. The lowest BCUT2D eigenvalue weighted by atomic mass is 9.78. The fourth-order valence-corrected chi connectivity index (χ4v) is 3.61. The molecule has 2 atom stereocenters. The number of rotatable bonds is 2. The molecule has 2 aliphatic carbocycles. The SMILES string of the molecule is OC(C1=CCCCCC1)C1CCc2ccccc2C1. The molecule has 2 unspecified atom stereocenters. The summed E-state index contributed by atoms with van der Waals surface area (Å²) in [5.41, 5.74) is 4.26. The maximum absolute atomic E-state index is 10.7. The van der Waals surface area contributed by atoms with Crippen LogP contribution in [0, 0.1) is 5.92 Å². The van der Waals surface area contributed by atoms with E-state index in [2.05, 4.69) is 30.3 Å². The molecule has 0 saturated carbocycles. The van der Waals surface area contributed by atoms with Crippen LogP contribution in [0.1, 0.15) is 49.7 Å². The molecule has 0 heterocycles. The molecule has 0 spiro atoms. The molecule has 1 heteroatoms. The lowest BCUT2D eigenvalue weighted by Gasteiger charge is -2.30. The van der Waals surface area contributed by atoms with Gasteiger partial charge in [-0.15, -0.1) is 0 Å². The molecule has 3 rings (SSSR count). The topological polar surface area (TPSA) is 20.2 Å². The average Bonchev–Trinajstić information content (AvgIpc) is 2.75. The third-order valence-corrected chi connectivity index (χ3v) is 4.79. The maximum Gasteiger partial charge on any atom is 0.0781 e. The highest BCUT2D eigenvalue weighted by atomic mass is 16.3. The minimum atomic E-state index is -0.202.